The van der Waals surface area contributed by atoms with Crippen LogP contribution in [-0.4, -0.2) is 29.5 Å². The van der Waals surface area contributed by atoms with Gasteiger partial charge in [0.2, 0.25) is 0 Å². The predicted octanol–water partition coefficient (Wildman–Crippen LogP) is 0.650. The Hall–Kier alpha value is -1.45. The average Bonchev–Trinajstić information content (AvgIpc) is 2.91. The van der Waals surface area contributed by atoms with Gasteiger partial charge in [0.15, 0.2) is 12.4 Å². The maximum absolute atomic E-state index is 9.70. The minimum Gasteiger partial charge on any atom is -0.385 e. The van der Waals surface area contributed by atoms with Crippen LogP contribution in [0.5, 0.6) is 0 Å². The van der Waals surface area contributed by atoms with E-state index in [1.165, 1.54) is 0 Å². The molecule has 5 heteroatoms. The smallest absolute Gasteiger partial charge is 0.184 e. The minimum absolute atomic E-state index is 0.429. The Morgan fingerprint density at radius 3 is 2.65 bits per heavy atom. The van der Waals surface area contributed by atoms with Gasteiger partial charge < -0.3 is 19.7 Å². The molecule has 0 aliphatic carbocycles. The normalized spacial score (nSPS) is 19.8. The molecule has 1 heterocycles. The lowest BCUT2D eigenvalue weighted by Gasteiger charge is -2.15. The summed E-state index contributed by atoms with van der Waals surface area (Å²) in [6, 6.07) is 8.44. The van der Waals surface area contributed by atoms with Crippen LogP contribution in [0.2, 0.25) is 0 Å². The SMILES string of the molecule is N#CC(O)C(O)c1cccc(C2OCCO2)c1. The van der Waals surface area contributed by atoms with Crippen LogP contribution in [0.15, 0.2) is 24.3 Å². The molecule has 0 bridgehead atoms. The van der Waals surface area contributed by atoms with Gasteiger partial charge in [-0.1, -0.05) is 18.2 Å². The fourth-order valence-corrected chi connectivity index (χ4v) is 1.69. The van der Waals surface area contributed by atoms with Crippen LogP contribution < -0.4 is 0 Å². The number of nitrogens with zero attached hydrogens (tertiary/aromatic N) is 1. The first kappa shape index (κ1) is 12.0. The van der Waals surface area contributed by atoms with Gasteiger partial charge in [-0.15, -0.1) is 0 Å². The fourth-order valence-electron chi connectivity index (χ4n) is 1.69. The second-order valence-electron chi connectivity index (χ2n) is 3.76. The minimum atomic E-state index is -1.43. The molecule has 0 radical (unpaired) electrons. The summed E-state index contributed by atoms with van der Waals surface area (Å²) in [6.07, 6.45) is -3.08. The highest BCUT2D eigenvalue weighted by molar-refractivity contribution is 5.27. The second kappa shape index (κ2) is 5.25. The maximum Gasteiger partial charge on any atom is 0.184 e. The summed E-state index contributed by atoms with van der Waals surface area (Å²) in [5.74, 6) is 0. The maximum atomic E-state index is 9.70. The molecule has 1 aromatic rings. The van der Waals surface area contributed by atoms with E-state index in [1.54, 1.807) is 24.3 Å². The molecule has 2 rings (SSSR count). The van der Waals surface area contributed by atoms with Crippen molar-refractivity contribution in [2.24, 2.45) is 0 Å². The molecule has 90 valence electrons. The Morgan fingerprint density at radius 2 is 2.00 bits per heavy atom. The third-order valence-electron chi connectivity index (χ3n) is 2.58. The zero-order valence-electron chi connectivity index (χ0n) is 9.11. The van der Waals surface area contributed by atoms with Gasteiger partial charge in [0, 0.05) is 5.56 Å². The molecule has 1 aliphatic heterocycles. The Morgan fingerprint density at radius 1 is 1.29 bits per heavy atom. The predicted molar refractivity (Wildman–Crippen MR) is 57.7 cm³/mol. The van der Waals surface area contributed by atoms with Gasteiger partial charge in [-0.05, 0) is 11.6 Å². The molecule has 2 atom stereocenters. The van der Waals surface area contributed by atoms with Crippen LogP contribution in [-0.2, 0) is 9.47 Å². The number of benzene rings is 1. The molecular formula is C12H13NO4. The number of rotatable bonds is 3. The van der Waals surface area contributed by atoms with Crippen molar-refractivity contribution in [3.63, 3.8) is 0 Å². The van der Waals surface area contributed by atoms with Crippen molar-refractivity contribution in [1.29, 1.82) is 5.26 Å². The van der Waals surface area contributed by atoms with Crippen molar-refractivity contribution in [2.45, 2.75) is 18.5 Å². The summed E-state index contributed by atoms with van der Waals surface area (Å²) in [7, 11) is 0. The first-order chi connectivity index (χ1) is 8.22. The van der Waals surface area contributed by atoms with E-state index in [0.29, 0.717) is 18.8 Å². The molecule has 5 nitrogen and oxygen atoms in total. The lowest BCUT2D eigenvalue weighted by molar-refractivity contribution is -0.0443. The number of nitriles is 1. The van der Waals surface area contributed by atoms with Crippen LogP contribution in [0.1, 0.15) is 23.5 Å². The third kappa shape index (κ3) is 2.62. The first-order valence-electron chi connectivity index (χ1n) is 5.31. The van der Waals surface area contributed by atoms with Gasteiger partial charge in [-0.2, -0.15) is 5.26 Å². The summed E-state index contributed by atoms with van der Waals surface area (Å²) in [4.78, 5) is 0. The Labute approximate surface area is 98.8 Å². The fraction of sp³-hybridized carbons (Fsp3) is 0.417. The van der Waals surface area contributed by atoms with Crippen LogP contribution in [0, 0.1) is 11.3 Å². The number of aliphatic hydroxyl groups excluding tert-OH is 2. The Balaban J connectivity index is 2.19. The van der Waals surface area contributed by atoms with Crippen molar-refractivity contribution in [1.82, 2.24) is 0 Å². The van der Waals surface area contributed by atoms with Gasteiger partial charge in [0.1, 0.15) is 6.10 Å². The average molecular weight is 235 g/mol. The number of ether oxygens (including phenoxy) is 2. The van der Waals surface area contributed by atoms with Crippen LogP contribution in [0.4, 0.5) is 0 Å². The molecule has 17 heavy (non-hydrogen) atoms. The standard InChI is InChI=1S/C12H13NO4/c13-7-10(14)11(15)8-2-1-3-9(6-8)12-16-4-5-17-12/h1-3,6,10-12,14-15H,4-5H2. The lowest BCUT2D eigenvalue weighted by atomic mass is 10.0. The van der Waals surface area contributed by atoms with Crippen molar-refractivity contribution in [2.75, 3.05) is 13.2 Å². The van der Waals surface area contributed by atoms with Gasteiger partial charge in [-0.3, -0.25) is 0 Å². The topological polar surface area (TPSA) is 82.7 Å². The summed E-state index contributed by atoms with van der Waals surface area (Å²) in [6.45, 7) is 1.08. The van der Waals surface area contributed by atoms with E-state index in [2.05, 4.69) is 0 Å². The zero-order chi connectivity index (χ0) is 12.3. The Bertz CT molecular complexity index is 423. The van der Waals surface area contributed by atoms with Gasteiger partial charge in [0.25, 0.3) is 0 Å². The molecule has 2 unspecified atom stereocenters. The van der Waals surface area contributed by atoms with E-state index >= 15 is 0 Å². The first-order valence-corrected chi connectivity index (χ1v) is 5.31. The van der Waals surface area contributed by atoms with E-state index in [9.17, 15) is 10.2 Å². The van der Waals surface area contributed by atoms with Crippen molar-refractivity contribution >= 4 is 0 Å². The molecule has 0 aromatic heterocycles. The summed E-state index contributed by atoms with van der Waals surface area (Å²) in [5.41, 5.74) is 1.24. The van der Waals surface area contributed by atoms with Gasteiger partial charge in [-0.25, -0.2) is 0 Å². The summed E-state index contributed by atoms with van der Waals surface area (Å²) in [5, 5.41) is 27.5. The molecule has 1 aromatic carbocycles. The number of hydrogen-bond donors (Lipinski definition) is 2. The molecular weight excluding hydrogens is 222 g/mol. The van der Waals surface area contributed by atoms with E-state index in [1.807, 2.05) is 6.07 Å². The van der Waals surface area contributed by atoms with Gasteiger partial charge >= 0.3 is 0 Å². The quantitative estimate of drug-likeness (QED) is 0.751. The molecule has 1 aliphatic rings. The zero-order valence-corrected chi connectivity index (χ0v) is 9.11. The largest absolute Gasteiger partial charge is 0.385 e. The van der Waals surface area contributed by atoms with Crippen molar-refractivity contribution in [3.05, 3.63) is 35.4 Å². The van der Waals surface area contributed by atoms with E-state index in [-0.39, 0.29) is 0 Å². The van der Waals surface area contributed by atoms with E-state index in [0.717, 1.165) is 5.56 Å². The van der Waals surface area contributed by atoms with Crippen LogP contribution in [0.25, 0.3) is 0 Å². The molecule has 2 N–H and O–H groups in total. The molecule has 0 spiro atoms. The number of aliphatic hydroxyl groups is 2. The third-order valence-corrected chi connectivity index (χ3v) is 2.58. The highest BCUT2D eigenvalue weighted by atomic mass is 16.7. The number of hydrogen-bond acceptors (Lipinski definition) is 5. The molecule has 0 saturated carbocycles. The summed E-state index contributed by atoms with van der Waals surface area (Å²) >= 11 is 0. The second-order valence-corrected chi connectivity index (χ2v) is 3.76. The van der Waals surface area contributed by atoms with E-state index < -0.39 is 18.5 Å². The molecule has 1 saturated heterocycles. The molecule has 0 amide bonds. The highest BCUT2D eigenvalue weighted by Crippen LogP contribution is 2.26. The molecule has 1 fully saturated rings. The van der Waals surface area contributed by atoms with Crippen molar-refractivity contribution in [3.8, 4) is 6.07 Å². The van der Waals surface area contributed by atoms with Crippen LogP contribution in [0.3, 0.4) is 0 Å². The van der Waals surface area contributed by atoms with Crippen LogP contribution >= 0.6 is 0 Å². The summed E-state index contributed by atoms with van der Waals surface area (Å²) < 4.78 is 10.7. The van der Waals surface area contributed by atoms with Crippen molar-refractivity contribution < 1.29 is 19.7 Å². The van der Waals surface area contributed by atoms with Gasteiger partial charge in [0.05, 0.1) is 19.3 Å². The monoisotopic (exact) mass is 235 g/mol. The Kier molecular flexibility index (Phi) is 3.71. The van der Waals surface area contributed by atoms with E-state index in [4.69, 9.17) is 14.7 Å². The lowest BCUT2D eigenvalue weighted by Crippen LogP contribution is -2.16. The highest BCUT2D eigenvalue weighted by Gasteiger charge is 2.22.